The number of rotatable bonds is 7. The zero-order valence-corrected chi connectivity index (χ0v) is 40.3. The van der Waals surface area contributed by atoms with Gasteiger partial charge in [-0.3, -0.25) is 0 Å². The first-order valence-corrected chi connectivity index (χ1v) is 23.4. The van der Waals surface area contributed by atoms with Crippen molar-refractivity contribution in [2.24, 2.45) is 0 Å². The van der Waals surface area contributed by atoms with E-state index in [0.717, 1.165) is 22.7 Å². The highest BCUT2D eigenvalue weighted by Crippen LogP contribution is 2.44. The quantitative estimate of drug-likeness (QED) is 0.147. The topological polar surface area (TPSA) is 6.48 Å². The molecule has 0 atom stereocenters. The molecule has 1 aliphatic heterocycles. The summed E-state index contributed by atoms with van der Waals surface area (Å²) in [6, 6.07) is 68.2. The average molecular weight is 847 g/mol. The highest BCUT2D eigenvalue weighted by Gasteiger charge is 2.39. The maximum Gasteiger partial charge on any atom is 0.247 e. The second-order valence-corrected chi connectivity index (χ2v) is 21.3. The van der Waals surface area contributed by atoms with E-state index in [2.05, 4.69) is 268 Å². The number of benzene rings is 8. The summed E-state index contributed by atoms with van der Waals surface area (Å²) < 4.78 is 0. The minimum atomic E-state index is -0.0245. The van der Waals surface area contributed by atoms with Crippen molar-refractivity contribution in [2.45, 2.75) is 92.4 Å². The SMILES string of the molecule is Cc1ccc(C(C)(C)C)cc1B1c2cc(C(C)(C)C)ccc2N(c2ccc(C(C)(C)C)cc2)c2cc(N(c3cccc(-c4ccccc4)c3)c3cccc(-c4ccccc4)c3)cc(C)c21. The van der Waals surface area contributed by atoms with Crippen LogP contribution in [0.4, 0.5) is 34.1 Å². The summed E-state index contributed by atoms with van der Waals surface area (Å²) in [5.74, 6) is 0. The summed E-state index contributed by atoms with van der Waals surface area (Å²) in [6.07, 6.45) is 0. The van der Waals surface area contributed by atoms with Gasteiger partial charge >= 0.3 is 0 Å². The maximum atomic E-state index is 2.55. The Balaban J connectivity index is 1.35. The van der Waals surface area contributed by atoms with Crippen molar-refractivity contribution < 1.29 is 0 Å². The van der Waals surface area contributed by atoms with Crippen molar-refractivity contribution >= 4 is 57.2 Å². The van der Waals surface area contributed by atoms with Crippen molar-refractivity contribution in [1.82, 2.24) is 0 Å². The zero-order chi connectivity index (χ0) is 45.8. The summed E-state index contributed by atoms with van der Waals surface area (Å²) in [7, 11) is 0. The molecule has 2 nitrogen and oxygen atoms in total. The molecule has 0 N–H and O–H groups in total. The summed E-state index contributed by atoms with van der Waals surface area (Å²) >= 11 is 0. The van der Waals surface area contributed by atoms with Crippen LogP contribution in [0.5, 0.6) is 0 Å². The van der Waals surface area contributed by atoms with E-state index in [1.165, 1.54) is 77.8 Å². The normalized spacial score (nSPS) is 12.8. The van der Waals surface area contributed by atoms with Gasteiger partial charge in [0.1, 0.15) is 0 Å². The molecule has 324 valence electrons. The minimum Gasteiger partial charge on any atom is -0.311 e. The van der Waals surface area contributed by atoms with Crippen LogP contribution in [-0.2, 0) is 16.2 Å². The number of fused-ring (bicyclic) bond motifs is 2. The van der Waals surface area contributed by atoms with Crippen LogP contribution in [0.15, 0.2) is 182 Å². The maximum absolute atomic E-state index is 2.55. The molecule has 9 rings (SSSR count). The van der Waals surface area contributed by atoms with Crippen LogP contribution in [-0.4, -0.2) is 6.71 Å². The first kappa shape index (κ1) is 43.7. The van der Waals surface area contributed by atoms with Gasteiger partial charge in [-0.15, -0.1) is 0 Å². The second-order valence-electron chi connectivity index (χ2n) is 21.3. The summed E-state index contributed by atoms with van der Waals surface area (Å²) in [5, 5.41) is 0. The third-order valence-corrected chi connectivity index (χ3v) is 13.5. The Bertz CT molecular complexity index is 2920. The van der Waals surface area contributed by atoms with Crippen LogP contribution in [0.25, 0.3) is 22.3 Å². The monoisotopic (exact) mass is 847 g/mol. The largest absolute Gasteiger partial charge is 0.311 e. The number of anilines is 6. The molecule has 3 heteroatoms. The molecular formula is C62H63BN2. The Labute approximate surface area is 389 Å². The van der Waals surface area contributed by atoms with Crippen molar-refractivity contribution in [3.8, 4) is 22.3 Å². The van der Waals surface area contributed by atoms with E-state index in [0.29, 0.717) is 0 Å². The van der Waals surface area contributed by atoms with Crippen molar-refractivity contribution in [3.63, 3.8) is 0 Å². The summed E-state index contributed by atoms with van der Waals surface area (Å²) in [4.78, 5) is 5.02. The van der Waals surface area contributed by atoms with Crippen LogP contribution in [0.3, 0.4) is 0 Å². The fraction of sp³-hybridized carbons (Fsp3) is 0.226. The third-order valence-electron chi connectivity index (χ3n) is 13.5. The minimum absolute atomic E-state index is 0.00114. The molecular weight excluding hydrogens is 784 g/mol. The van der Waals surface area contributed by atoms with Crippen molar-refractivity contribution in [1.29, 1.82) is 0 Å². The van der Waals surface area contributed by atoms with E-state index in [-0.39, 0.29) is 23.0 Å². The number of hydrogen-bond donors (Lipinski definition) is 0. The van der Waals surface area contributed by atoms with Gasteiger partial charge in [0.05, 0.1) is 0 Å². The van der Waals surface area contributed by atoms with Gasteiger partial charge < -0.3 is 9.80 Å². The third kappa shape index (κ3) is 8.58. The zero-order valence-electron chi connectivity index (χ0n) is 40.3. The van der Waals surface area contributed by atoms with Crippen molar-refractivity contribution in [3.05, 3.63) is 210 Å². The van der Waals surface area contributed by atoms with E-state index in [9.17, 15) is 0 Å². The first-order chi connectivity index (χ1) is 31.0. The van der Waals surface area contributed by atoms with E-state index in [4.69, 9.17) is 0 Å². The summed E-state index contributed by atoms with van der Waals surface area (Å²) in [5.41, 5.74) is 22.3. The molecule has 0 saturated carbocycles. The molecule has 0 amide bonds. The van der Waals surface area contributed by atoms with Crippen molar-refractivity contribution in [2.75, 3.05) is 9.80 Å². The molecule has 0 saturated heterocycles. The van der Waals surface area contributed by atoms with Crippen LogP contribution < -0.4 is 26.2 Å². The standard InChI is InChI=1S/C62H63BN2/c1-42-28-29-49(61(6,7)8)39-55(42)63-56-40-50(62(9,10)11)32-35-57(56)65(51-33-30-48(31-34-51)60(3,4)5)58-41-54(36-43(2)59(58)63)64(52-26-18-24-46(37-52)44-20-14-12-15-21-44)53-27-19-25-47(38-53)45-22-16-13-17-23-45/h12-41H,1-11H3. The Morgan fingerprint density at radius 3 is 1.37 bits per heavy atom. The molecule has 1 aliphatic rings. The average Bonchev–Trinajstić information content (AvgIpc) is 3.28. The lowest BCUT2D eigenvalue weighted by molar-refractivity contribution is 0.590. The lowest BCUT2D eigenvalue weighted by atomic mass is 9.33. The van der Waals surface area contributed by atoms with Crippen LogP contribution >= 0.6 is 0 Å². The highest BCUT2D eigenvalue weighted by atomic mass is 15.2. The van der Waals surface area contributed by atoms with Gasteiger partial charge in [0.25, 0.3) is 0 Å². The van der Waals surface area contributed by atoms with Crippen LogP contribution in [0, 0.1) is 13.8 Å². The predicted octanol–water partition coefficient (Wildman–Crippen LogP) is 15.3. The van der Waals surface area contributed by atoms with Gasteiger partial charge in [-0.2, -0.15) is 0 Å². The Morgan fingerprint density at radius 2 is 0.846 bits per heavy atom. The lowest BCUT2D eigenvalue weighted by Gasteiger charge is -2.40. The number of aryl methyl sites for hydroxylation is 2. The first-order valence-electron chi connectivity index (χ1n) is 23.4. The highest BCUT2D eigenvalue weighted by molar-refractivity contribution is 6.98. The van der Waals surface area contributed by atoms with E-state index in [1.54, 1.807) is 0 Å². The molecule has 65 heavy (non-hydrogen) atoms. The van der Waals surface area contributed by atoms with E-state index >= 15 is 0 Å². The van der Waals surface area contributed by atoms with Gasteiger partial charge in [0.15, 0.2) is 0 Å². The van der Waals surface area contributed by atoms with Gasteiger partial charge in [0, 0.05) is 34.1 Å². The predicted molar refractivity (Wildman–Crippen MR) is 283 cm³/mol. The van der Waals surface area contributed by atoms with E-state index < -0.39 is 0 Å². The summed E-state index contributed by atoms with van der Waals surface area (Å²) in [6.45, 7) is 25.5. The van der Waals surface area contributed by atoms with Gasteiger partial charge in [-0.05, 0) is 135 Å². The van der Waals surface area contributed by atoms with Gasteiger partial charge in [-0.25, -0.2) is 0 Å². The fourth-order valence-corrected chi connectivity index (χ4v) is 9.68. The molecule has 0 spiro atoms. The molecule has 0 aliphatic carbocycles. The second kappa shape index (κ2) is 16.8. The molecule has 1 heterocycles. The van der Waals surface area contributed by atoms with E-state index in [1.807, 2.05) is 0 Å². The Hall–Kier alpha value is -6.58. The van der Waals surface area contributed by atoms with Crippen LogP contribution in [0.1, 0.15) is 90.1 Å². The molecule has 0 radical (unpaired) electrons. The lowest BCUT2D eigenvalue weighted by Crippen LogP contribution is -2.59. The van der Waals surface area contributed by atoms with Gasteiger partial charge in [-0.1, -0.05) is 206 Å². The molecule has 0 fully saturated rings. The molecule has 0 bridgehead atoms. The molecule has 0 unspecified atom stereocenters. The Kier molecular flexibility index (Phi) is 11.3. The number of nitrogens with zero attached hydrogens (tertiary/aromatic N) is 2. The molecule has 8 aromatic rings. The number of hydrogen-bond acceptors (Lipinski definition) is 2. The molecule has 0 aromatic heterocycles. The Morgan fingerprint density at radius 1 is 0.369 bits per heavy atom. The van der Waals surface area contributed by atoms with Gasteiger partial charge in [0.2, 0.25) is 6.71 Å². The van der Waals surface area contributed by atoms with Crippen LogP contribution in [0.2, 0.25) is 0 Å². The smallest absolute Gasteiger partial charge is 0.247 e. The fourth-order valence-electron chi connectivity index (χ4n) is 9.68. The molecule has 8 aromatic carbocycles.